The number of hydrogen-bond acceptors (Lipinski definition) is 2. The van der Waals surface area contributed by atoms with Crippen molar-refractivity contribution in [3.05, 3.63) is 55.2 Å². The first-order chi connectivity index (χ1) is 8.15. The van der Waals surface area contributed by atoms with Gasteiger partial charge in [-0.3, -0.25) is 4.99 Å². The highest BCUT2D eigenvalue weighted by Crippen LogP contribution is 2.20. The van der Waals surface area contributed by atoms with Crippen LogP contribution in [0.2, 0.25) is 0 Å². The Balaban J connectivity index is 2.23. The number of aromatic hydroxyl groups is 1. The number of phenols is 1. The van der Waals surface area contributed by atoms with E-state index in [4.69, 9.17) is 0 Å². The Bertz CT molecular complexity index is 567. The molecule has 0 saturated heterocycles. The highest BCUT2D eigenvalue weighted by molar-refractivity contribution is 14.1. The van der Waals surface area contributed by atoms with E-state index in [0.717, 1.165) is 18.4 Å². The van der Waals surface area contributed by atoms with Gasteiger partial charge in [0.05, 0.1) is 9.26 Å². The minimum atomic E-state index is 0.303. The van der Waals surface area contributed by atoms with E-state index >= 15 is 0 Å². The summed E-state index contributed by atoms with van der Waals surface area (Å²) >= 11 is 4.36. The average Bonchev–Trinajstić information content (AvgIpc) is 2.31. The van der Waals surface area contributed by atoms with Crippen LogP contribution in [0.15, 0.2) is 47.5 Å². The first kappa shape index (κ1) is 12.8. The summed E-state index contributed by atoms with van der Waals surface area (Å²) in [6.45, 7) is 0. The van der Waals surface area contributed by atoms with Crippen molar-refractivity contribution in [2.24, 2.45) is 4.99 Å². The molecule has 17 heavy (non-hydrogen) atoms. The number of halogens is 2. The minimum Gasteiger partial charge on any atom is -0.507 e. The first-order valence-corrected chi connectivity index (χ1v) is 7.09. The van der Waals surface area contributed by atoms with Gasteiger partial charge in [0.1, 0.15) is 5.75 Å². The molecule has 2 nitrogen and oxygen atoms in total. The number of phenolic OH excluding ortho intramolecular Hbond substituents is 1. The highest BCUT2D eigenvalue weighted by atomic mass is 127. The molecule has 2 rings (SSSR count). The molecule has 86 valence electrons. The van der Waals surface area contributed by atoms with Gasteiger partial charge in [0.15, 0.2) is 0 Å². The molecular formula is C13H9I2NO. The van der Waals surface area contributed by atoms with Crippen LogP contribution >= 0.6 is 45.2 Å². The fourth-order valence-corrected chi connectivity index (χ4v) is 2.37. The van der Waals surface area contributed by atoms with Crippen LogP contribution in [0.1, 0.15) is 5.56 Å². The Morgan fingerprint density at radius 2 is 1.88 bits per heavy atom. The number of benzene rings is 2. The first-order valence-electron chi connectivity index (χ1n) is 4.93. The second kappa shape index (κ2) is 5.81. The smallest absolute Gasteiger partial charge is 0.128 e. The largest absolute Gasteiger partial charge is 0.507 e. The van der Waals surface area contributed by atoms with E-state index in [1.54, 1.807) is 12.3 Å². The zero-order valence-electron chi connectivity index (χ0n) is 8.77. The molecule has 4 heteroatoms. The SMILES string of the molecule is Oc1ccc(C=Nc2cccc(I)c2)cc1I. The lowest BCUT2D eigenvalue weighted by molar-refractivity contribution is 0.471. The summed E-state index contributed by atoms with van der Waals surface area (Å²) in [5, 5.41) is 9.41. The van der Waals surface area contributed by atoms with Crippen LogP contribution in [0.3, 0.4) is 0 Å². The number of rotatable bonds is 2. The lowest BCUT2D eigenvalue weighted by atomic mass is 10.2. The molecule has 0 radical (unpaired) electrons. The van der Waals surface area contributed by atoms with E-state index in [1.165, 1.54) is 0 Å². The van der Waals surface area contributed by atoms with Crippen molar-refractivity contribution in [2.45, 2.75) is 0 Å². The van der Waals surface area contributed by atoms with E-state index in [0.29, 0.717) is 5.75 Å². The highest BCUT2D eigenvalue weighted by Gasteiger charge is 1.97. The monoisotopic (exact) mass is 449 g/mol. The normalized spacial score (nSPS) is 10.9. The third kappa shape index (κ3) is 3.67. The topological polar surface area (TPSA) is 32.6 Å². The summed E-state index contributed by atoms with van der Waals surface area (Å²) < 4.78 is 1.99. The second-order valence-corrected chi connectivity index (χ2v) is 5.86. The third-order valence-electron chi connectivity index (χ3n) is 2.14. The van der Waals surface area contributed by atoms with Crippen LogP contribution in [0, 0.1) is 7.14 Å². The molecule has 0 aromatic heterocycles. The predicted molar refractivity (Wildman–Crippen MR) is 87.2 cm³/mol. The van der Waals surface area contributed by atoms with E-state index in [1.807, 2.05) is 36.4 Å². The summed E-state index contributed by atoms with van der Waals surface area (Å²) in [5.41, 5.74) is 1.91. The van der Waals surface area contributed by atoms with Gasteiger partial charge in [-0.1, -0.05) is 6.07 Å². The molecular weight excluding hydrogens is 440 g/mol. The van der Waals surface area contributed by atoms with Crippen LogP contribution in [0.25, 0.3) is 0 Å². The minimum absolute atomic E-state index is 0.303. The molecule has 0 aliphatic carbocycles. The van der Waals surface area contributed by atoms with E-state index in [2.05, 4.69) is 50.2 Å². The van der Waals surface area contributed by atoms with E-state index < -0.39 is 0 Å². The number of hydrogen-bond donors (Lipinski definition) is 1. The van der Waals surface area contributed by atoms with Gasteiger partial charge in [-0.25, -0.2) is 0 Å². The fraction of sp³-hybridized carbons (Fsp3) is 0. The molecule has 0 bridgehead atoms. The maximum atomic E-state index is 9.41. The molecule has 0 aliphatic rings. The molecule has 1 N–H and O–H groups in total. The van der Waals surface area contributed by atoms with Crippen molar-refractivity contribution in [2.75, 3.05) is 0 Å². The third-order valence-corrected chi connectivity index (χ3v) is 3.68. The summed E-state index contributed by atoms with van der Waals surface area (Å²) in [4.78, 5) is 4.39. The van der Waals surface area contributed by atoms with Gasteiger partial charge in [0, 0.05) is 9.78 Å². The molecule has 0 aliphatic heterocycles. The Morgan fingerprint density at radius 3 is 2.59 bits per heavy atom. The van der Waals surface area contributed by atoms with Crippen molar-refractivity contribution in [1.29, 1.82) is 0 Å². The molecule has 2 aromatic rings. The van der Waals surface area contributed by atoms with Crippen LogP contribution in [0.5, 0.6) is 5.75 Å². The zero-order valence-corrected chi connectivity index (χ0v) is 13.1. The molecule has 2 aromatic carbocycles. The Hall–Kier alpha value is -0.630. The molecule has 0 saturated carbocycles. The quantitative estimate of drug-likeness (QED) is 0.537. The molecule has 0 amide bonds. The number of aliphatic imine (C=N–C) groups is 1. The van der Waals surface area contributed by atoms with Gasteiger partial charge in [-0.2, -0.15) is 0 Å². The second-order valence-electron chi connectivity index (χ2n) is 3.45. The standard InChI is InChI=1S/C13H9I2NO/c14-10-2-1-3-11(7-10)16-8-9-4-5-13(17)12(15)6-9/h1-8,17H. The van der Waals surface area contributed by atoms with Gasteiger partial charge in [-0.15, -0.1) is 0 Å². The molecule has 0 fully saturated rings. The Labute approximate surface area is 127 Å². The molecule has 0 atom stereocenters. The van der Waals surface area contributed by atoms with Gasteiger partial charge < -0.3 is 5.11 Å². The summed E-state index contributed by atoms with van der Waals surface area (Å²) in [7, 11) is 0. The average molecular weight is 449 g/mol. The van der Waals surface area contributed by atoms with Crippen molar-refractivity contribution in [3.8, 4) is 5.75 Å². The maximum absolute atomic E-state index is 9.41. The summed E-state index contributed by atoms with van der Waals surface area (Å²) in [6.07, 6.45) is 1.80. The Morgan fingerprint density at radius 1 is 1.06 bits per heavy atom. The predicted octanol–water partition coefficient (Wildman–Crippen LogP) is 4.35. The van der Waals surface area contributed by atoms with E-state index in [-0.39, 0.29) is 0 Å². The van der Waals surface area contributed by atoms with Crippen LogP contribution < -0.4 is 0 Å². The van der Waals surface area contributed by atoms with Crippen LogP contribution in [0.4, 0.5) is 5.69 Å². The van der Waals surface area contributed by atoms with Crippen molar-refractivity contribution >= 4 is 57.1 Å². The lowest BCUT2D eigenvalue weighted by Gasteiger charge is -1.98. The van der Waals surface area contributed by atoms with E-state index in [9.17, 15) is 5.11 Å². The molecule has 0 heterocycles. The maximum Gasteiger partial charge on any atom is 0.128 e. The van der Waals surface area contributed by atoms with Crippen LogP contribution in [-0.2, 0) is 0 Å². The zero-order chi connectivity index (χ0) is 12.3. The van der Waals surface area contributed by atoms with Crippen LogP contribution in [-0.4, -0.2) is 11.3 Å². The van der Waals surface area contributed by atoms with Gasteiger partial charge >= 0.3 is 0 Å². The van der Waals surface area contributed by atoms with Crippen molar-refractivity contribution in [1.82, 2.24) is 0 Å². The fourth-order valence-electron chi connectivity index (χ4n) is 1.31. The van der Waals surface area contributed by atoms with Gasteiger partial charge in [-0.05, 0) is 87.1 Å². The van der Waals surface area contributed by atoms with Crippen molar-refractivity contribution < 1.29 is 5.11 Å². The molecule has 0 spiro atoms. The molecule has 0 unspecified atom stereocenters. The van der Waals surface area contributed by atoms with Gasteiger partial charge in [0.2, 0.25) is 0 Å². The summed E-state index contributed by atoms with van der Waals surface area (Å²) in [6, 6.07) is 13.4. The van der Waals surface area contributed by atoms with Crippen molar-refractivity contribution in [3.63, 3.8) is 0 Å². The van der Waals surface area contributed by atoms with Gasteiger partial charge in [0.25, 0.3) is 0 Å². The Kier molecular flexibility index (Phi) is 4.38. The number of nitrogens with zero attached hydrogens (tertiary/aromatic N) is 1. The lowest BCUT2D eigenvalue weighted by Crippen LogP contribution is -1.82. The summed E-state index contributed by atoms with van der Waals surface area (Å²) in [5.74, 6) is 0.303.